The number of carbonyl (C=O) groups excluding carboxylic acids is 3. The van der Waals surface area contributed by atoms with Gasteiger partial charge < -0.3 is 24.3 Å². The Hall–Kier alpha value is -3.62. The SMILES string of the molecule is COc1ccnc(C(=O)NC(C)C(=O)O[C@@H](C)[C@H](c2ccc(C)cc2C)C(C)C)c1OCOC(=O)C(C)C. The molecule has 3 atom stereocenters. The Kier molecular flexibility index (Phi) is 11.1. The molecule has 1 aromatic heterocycles. The van der Waals surface area contributed by atoms with E-state index in [1.807, 2.05) is 13.8 Å². The second-order valence-corrected chi connectivity index (χ2v) is 10.0. The number of hydrogen-bond donors (Lipinski definition) is 1. The summed E-state index contributed by atoms with van der Waals surface area (Å²) in [6, 6.07) is 6.80. The van der Waals surface area contributed by atoms with E-state index in [9.17, 15) is 14.4 Å². The number of methoxy groups -OCH3 is 1. The number of esters is 2. The number of aryl methyl sites for hydroxylation is 2. The van der Waals surface area contributed by atoms with Crippen LogP contribution in [0.1, 0.15) is 74.6 Å². The van der Waals surface area contributed by atoms with Crippen molar-refractivity contribution in [2.24, 2.45) is 11.8 Å². The Bertz CT molecular complexity index is 1130. The lowest BCUT2D eigenvalue weighted by molar-refractivity contribution is -0.154. The Morgan fingerprint density at radius 2 is 1.66 bits per heavy atom. The van der Waals surface area contributed by atoms with Crippen LogP contribution in [0.5, 0.6) is 11.5 Å². The van der Waals surface area contributed by atoms with E-state index in [4.69, 9.17) is 18.9 Å². The minimum atomic E-state index is -0.962. The van der Waals surface area contributed by atoms with Crippen LogP contribution >= 0.6 is 0 Å². The van der Waals surface area contributed by atoms with Gasteiger partial charge in [-0.2, -0.15) is 0 Å². The van der Waals surface area contributed by atoms with Crippen LogP contribution in [0.3, 0.4) is 0 Å². The Morgan fingerprint density at radius 3 is 2.24 bits per heavy atom. The molecule has 0 fully saturated rings. The number of rotatable bonds is 12. The minimum Gasteiger partial charge on any atom is -0.493 e. The zero-order chi connectivity index (χ0) is 28.6. The monoisotopic (exact) mass is 528 g/mol. The molecule has 208 valence electrons. The van der Waals surface area contributed by atoms with Crippen LogP contribution in [0.2, 0.25) is 0 Å². The van der Waals surface area contributed by atoms with Crippen molar-refractivity contribution in [3.63, 3.8) is 0 Å². The van der Waals surface area contributed by atoms with Gasteiger partial charge in [0.25, 0.3) is 5.91 Å². The van der Waals surface area contributed by atoms with Gasteiger partial charge in [-0.05, 0) is 44.7 Å². The van der Waals surface area contributed by atoms with E-state index in [2.05, 4.69) is 49.3 Å². The Morgan fingerprint density at radius 1 is 0.974 bits per heavy atom. The van der Waals surface area contributed by atoms with Gasteiger partial charge >= 0.3 is 11.9 Å². The fraction of sp³-hybridized carbons (Fsp3) is 0.517. The van der Waals surface area contributed by atoms with Crippen LogP contribution in [-0.4, -0.2) is 48.9 Å². The van der Waals surface area contributed by atoms with Gasteiger partial charge in [0.05, 0.1) is 13.0 Å². The molecule has 0 saturated heterocycles. The molecule has 0 bridgehead atoms. The summed E-state index contributed by atoms with van der Waals surface area (Å²) in [7, 11) is 1.41. The Balaban J connectivity index is 2.13. The van der Waals surface area contributed by atoms with Crippen molar-refractivity contribution in [1.29, 1.82) is 0 Å². The lowest BCUT2D eigenvalue weighted by Gasteiger charge is -2.30. The van der Waals surface area contributed by atoms with Crippen LogP contribution in [-0.2, 0) is 19.1 Å². The predicted molar refractivity (Wildman–Crippen MR) is 143 cm³/mol. The summed E-state index contributed by atoms with van der Waals surface area (Å²) in [4.78, 5) is 41.9. The van der Waals surface area contributed by atoms with Gasteiger partial charge in [0.2, 0.25) is 6.79 Å². The highest BCUT2D eigenvalue weighted by Crippen LogP contribution is 2.33. The zero-order valence-corrected chi connectivity index (χ0v) is 23.8. The number of benzene rings is 1. The topological polar surface area (TPSA) is 113 Å². The average molecular weight is 529 g/mol. The fourth-order valence-corrected chi connectivity index (χ4v) is 4.24. The smallest absolute Gasteiger partial charge is 0.328 e. The van der Waals surface area contributed by atoms with E-state index in [-0.39, 0.29) is 34.9 Å². The number of pyridine rings is 1. The number of nitrogens with zero attached hydrogens (tertiary/aromatic N) is 1. The molecule has 0 radical (unpaired) electrons. The molecule has 1 amide bonds. The molecular weight excluding hydrogens is 488 g/mol. The van der Waals surface area contributed by atoms with Crippen LogP contribution in [0, 0.1) is 25.7 Å². The molecule has 2 rings (SSSR count). The van der Waals surface area contributed by atoms with Gasteiger partial charge in [0.15, 0.2) is 17.2 Å². The molecule has 38 heavy (non-hydrogen) atoms. The van der Waals surface area contributed by atoms with Crippen molar-refractivity contribution < 1.29 is 33.3 Å². The number of ether oxygens (including phenoxy) is 4. The number of nitrogens with one attached hydrogen (secondary N) is 1. The highest BCUT2D eigenvalue weighted by atomic mass is 16.7. The Labute approximate surface area is 225 Å². The molecule has 0 aliphatic rings. The first-order valence-electron chi connectivity index (χ1n) is 12.8. The summed E-state index contributed by atoms with van der Waals surface area (Å²) in [5, 5.41) is 2.62. The van der Waals surface area contributed by atoms with Gasteiger partial charge in [-0.1, -0.05) is 51.5 Å². The maximum Gasteiger partial charge on any atom is 0.328 e. The van der Waals surface area contributed by atoms with E-state index < -0.39 is 36.8 Å². The van der Waals surface area contributed by atoms with Gasteiger partial charge in [0, 0.05) is 18.2 Å². The highest BCUT2D eigenvalue weighted by molar-refractivity contribution is 5.98. The van der Waals surface area contributed by atoms with Gasteiger partial charge in [-0.25, -0.2) is 9.78 Å². The molecule has 2 aromatic rings. The predicted octanol–water partition coefficient (Wildman–Crippen LogP) is 4.73. The van der Waals surface area contributed by atoms with Crippen molar-refractivity contribution in [2.45, 2.75) is 73.5 Å². The molecule has 0 aliphatic carbocycles. The van der Waals surface area contributed by atoms with Crippen LogP contribution < -0.4 is 14.8 Å². The molecule has 1 aromatic carbocycles. The third kappa shape index (κ3) is 7.94. The molecule has 0 saturated carbocycles. The number of carbonyl (C=O) groups is 3. The van der Waals surface area contributed by atoms with Crippen LogP contribution in [0.4, 0.5) is 0 Å². The molecule has 1 unspecified atom stereocenters. The summed E-state index contributed by atoms with van der Waals surface area (Å²) in [5.41, 5.74) is 3.32. The average Bonchev–Trinajstić information content (AvgIpc) is 2.84. The van der Waals surface area contributed by atoms with E-state index in [1.165, 1.54) is 24.9 Å². The fourth-order valence-electron chi connectivity index (χ4n) is 4.24. The normalized spacial score (nSPS) is 13.4. The largest absolute Gasteiger partial charge is 0.493 e. The van der Waals surface area contributed by atoms with E-state index in [0.29, 0.717) is 0 Å². The summed E-state index contributed by atoms with van der Waals surface area (Å²) in [5.74, 6) is -1.61. The first kappa shape index (κ1) is 30.6. The molecular formula is C29H40N2O7. The van der Waals surface area contributed by atoms with Gasteiger partial charge in [-0.15, -0.1) is 0 Å². The quantitative estimate of drug-likeness (QED) is 0.311. The van der Waals surface area contributed by atoms with Crippen molar-refractivity contribution in [3.8, 4) is 11.5 Å². The van der Waals surface area contributed by atoms with Gasteiger partial charge in [0.1, 0.15) is 12.1 Å². The molecule has 9 heteroatoms. The van der Waals surface area contributed by atoms with E-state index in [0.717, 1.165) is 11.1 Å². The van der Waals surface area contributed by atoms with Crippen molar-refractivity contribution >= 4 is 17.8 Å². The van der Waals surface area contributed by atoms with Gasteiger partial charge in [-0.3, -0.25) is 9.59 Å². The van der Waals surface area contributed by atoms with Crippen LogP contribution in [0.25, 0.3) is 0 Å². The van der Waals surface area contributed by atoms with E-state index >= 15 is 0 Å². The summed E-state index contributed by atoms with van der Waals surface area (Å²) >= 11 is 0. The molecule has 1 N–H and O–H groups in total. The molecule has 9 nitrogen and oxygen atoms in total. The molecule has 0 spiro atoms. The van der Waals surface area contributed by atoms with Crippen molar-refractivity contribution in [2.75, 3.05) is 13.9 Å². The summed E-state index contributed by atoms with van der Waals surface area (Å²) in [6.45, 7) is 14.6. The zero-order valence-electron chi connectivity index (χ0n) is 23.8. The number of aromatic nitrogens is 1. The van der Waals surface area contributed by atoms with E-state index in [1.54, 1.807) is 20.8 Å². The minimum absolute atomic E-state index is 0.00675. The lowest BCUT2D eigenvalue weighted by atomic mass is 9.82. The van der Waals surface area contributed by atoms with Crippen LogP contribution in [0.15, 0.2) is 30.5 Å². The molecule has 0 aliphatic heterocycles. The maximum atomic E-state index is 13.1. The third-order valence-electron chi connectivity index (χ3n) is 6.19. The lowest BCUT2D eigenvalue weighted by Crippen LogP contribution is -2.42. The maximum absolute atomic E-state index is 13.1. The molecule has 1 heterocycles. The first-order valence-corrected chi connectivity index (χ1v) is 12.8. The summed E-state index contributed by atoms with van der Waals surface area (Å²) in [6.07, 6.45) is 0.955. The first-order chi connectivity index (χ1) is 17.9. The standard InChI is InChI=1S/C29H40N2O7/c1-16(2)24(22-11-10-18(5)14-19(22)6)21(8)38-29(34)20(7)31-27(32)25-26(23(35-9)12-13-30-25)36-15-37-28(33)17(3)4/h10-14,16-17,20-21,24H,15H2,1-9H3,(H,31,32)/t20?,21-,24+/m0/s1. The third-order valence-corrected chi connectivity index (χ3v) is 6.19. The van der Waals surface area contributed by atoms with Crippen molar-refractivity contribution in [3.05, 3.63) is 52.8 Å². The second kappa shape index (κ2) is 13.8. The second-order valence-electron chi connectivity index (χ2n) is 10.0. The number of amides is 1. The highest BCUT2D eigenvalue weighted by Gasteiger charge is 2.30. The summed E-state index contributed by atoms with van der Waals surface area (Å²) < 4.78 is 21.7. The number of hydrogen-bond acceptors (Lipinski definition) is 8. The van der Waals surface area contributed by atoms with Crippen molar-refractivity contribution in [1.82, 2.24) is 10.3 Å².